The third kappa shape index (κ3) is 3.22. The molecule has 130 valence electrons. The second-order valence-corrected chi connectivity index (χ2v) is 7.96. The van der Waals surface area contributed by atoms with Crippen molar-refractivity contribution in [3.63, 3.8) is 0 Å². The van der Waals surface area contributed by atoms with Crippen LogP contribution >= 0.6 is 0 Å². The van der Waals surface area contributed by atoms with Gasteiger partial charge in [-0.1, -0.05) is 36.8 Å². The van der Waals surface area contributed by atoms with Crippen LogP contribution in [0.5, 0.6) is 0 Å². The summed E-state index contributed by atoms with van der Waals surface area (Å²) in [4.78, 5) is 17.1. The van der Waals surface area contributed by atoms with Crippen molar-refractivity contribution >= 4 is 5.91 Å². The SMILES string of the molecule is N[C@@H](CCN1CC2CN(C(=O)C3CCC3)CC2C1)c1ccccc1. The molecule has 4 nitrogen and oxygen atoms in total. The number of benzene rings is 1. The minimum Gasteiger partial charge on any atom is -0.342 e. The number of rotatable bonds is 5. The molecule has 2 aliphatic heterocycles. The molecule has 4 heteroatoms. The van der Waals surface area contributed by atoms with Crippen LogP contribution in [0.15, 0.2) is 30.3 Å². The maximum Gasteiger partial charge on any atom is 0.225 e. The highest BCUT2D eigenvalue weighted by Crippen LogP contribution is 2.35. The molecule has 24 heavy (non-hydrogen) atoms. The van der Waals surface area contributed by atoms with E-state index in [4.69, 9.17) is 5.73 Å². The van der Waals surface area contributed by atoms with Crippen molar-refractivity contribution in [2.45, 2.75) is 31.7 Å². The van der Waals surface area contributed by atoms with Crippen molar-refractivity contribution in [2.75, 3.05) is 32.7 Å². The van der Waals surface area contributed by atoms with Gasteiger partial charge in [0.15, 0.2) is 0 Å². The molecule has 0 radical (unpaired) electrons. The maximum absolute atomic E-state index is 12.4. The van der Waals surface area contributed by atoms with Crippen LogP contribution in [0.4, 0.5) is 0 Å². The number of nitrogens with two attached hydrogens (primary N) is 1. The predicted octanol–water partition coefficient (Wildman–Crippen LogP) is 2.27. The van der Waals surface area contributed by atoms with Gasteiger partial charge in [-0.2, -0.15) is 0 Å². The summed E-state index contributed by atoms with van der Waals surface area (Å²) in [6.45, 7) is 5.32. The number of hydrogen-bond acceptors (Lipinski definition) is 3. The zero-order chi connectivity index (χ0) is 16.5. The Labute approximate surface area is 145 Å². The molecule has 1 aromatic rings. The zero-order valence-electron chi connectivity index (χ0n) is 14.4. The van der Waals surface area contributed by atoms with Crippen LogP contribution in [0.2, 0.25) is 0 Å². The molecule has 1 amide bonds. The maximum atomic E-state index is 12.4. The normalized spacial score (nSPS) is 28.6. The lowest BCUT2D eigenvalue weighted by Gasteiger charge is -2.30. The quantitative estimate of drug-likeness (QED) is 0.902. The van der Waals surface area contributed by atoms with Gasteiger partial charge in [0.25, 0.3) is 0 Å². The predicted molar refractivity (Wildman–Crippen MR) is 95.3 cm³/mol. The second kappa shape index (κ2) is 6.85. The third-order valence-electron chi connectivity index (χ3n) is 6.31. The van der Waals surface area contributed by atoms with E-state index >= 15 is 0 Å². The van der Waals surface area contributed by atoms with Gasteiger partial charge >= 0.3 is 0 Å². The molecule has 0 spiro atoms. The first-order valence-electron chi connectivity index (χ1n) is 9.52. The molecule has 2 N–H and O–H groups in total. The Kier molecular flexibility index (Phi) is 4.59. The van der Waals surface area contributed by atoms with Crippen LogP contribution in [-0.4, -0.2) is 48.4 Å². The Morgan fingerprint density at radius 2 is 1.75 bits per heavy atom. The first-order chi connectivity index (χ1) is 11.7. The van der Waals surface area contributed by atoms with Crippen LogP contribution in [0.3, 0.4) is 0 Å². The molecule has 3 fully saturated rings. The van der Waals surface area contributed by atoms with Gasteiger partial charge < -0.3 is 15.5 Å². The van der Waals surface area contributed by atoms with Crippen molar-refractivity contribution in [3.8, 4) is 0 Å². The van der Waals surface area contributed by atoms with Crippen LogP contribution < -0.4 is 5.73 Å². The average molecular weight is 327 g/mol. The summed E-state index contributed by atoms with van der Waals surface area (Å²) in [6.07, 6.45) is 4.49. The van der Waals surface area contributed by atoms with E-state index in [0.717, 1.165) is 52.0 Å². The summed E-state index contributed by atoms with van der Waals surface area (Å²) in [6, 6.07) is 10.5. The van der Waals surface area contributed by atoms with E-state index in [1.54, 1.807) is 0 Å². The molecule has 4 rings (SSSR count). The lowest BCUT2D eigenvalue weighted by Crippen LogP contribution is -2.39. The molecular weight excluding hydrogens is 298 g/mol. The number of carbonyl (C=O) groups is 1. The Morgan fingerprint density at radius 1 is 1.08 bits per heavy atom. The Hall–Kier alpha value is -1.39. The Balaban J connectivity index is 1.23. The molecule has 3 aliphatic rings. The zero-order valence-corrected chi connectivity index (χ0v) is 14.4. The molecule has 1 saturated carbocycles. The average Bonchev–Trinajstić information content (AvgIpc) is 3.10. The smallest absolute Gasteiger partial charge is 0.225 e. The fourth-order valence-electron chi connectivity index (χ4n) is 4.55. The van der Waals surface area contributed by atoms with Gasteiger partial charge in [-0.15, -0.1) is 0 Å². The van der Waals surface area contributed by atoms with Gasteiger partial charge in [0, 0.05) is 38.1 Å². The fourth-order valence-corrected chi connectivity index (χ4v) is 4.55. The molecule has 3 atom stereocenters. The highest BCUT2D eigenvalue weighted by molar-refractivity contribution is 5.79. The van der Waals surface area contributed by atoms with Gasteiger partial charge in [0.2, 0.25) is 5.91 Å². The van der Waals surface area contributed by atoms with Gasteiger partial charge in [0.1, 0.15) is 0 Å². The van der Waals surface area contributed by atoms with Crippen molar-refractivity contribution in [1.82, 2.24) is 9.80 Å². The molecular formula is C20H29N3O. The van der Waals surface area contributed by atoms with Gasteiger partial charge in [-0.3, -0.25) is 4.79 Å². The van der Waals surface area contributed by atoms with Gasteiger partial charge in [-0.05, 0) is 43.2 Å². The molecule has 1 aliphatic carbocycles. The van der Waals surface area contributed by atoms with Crippen LogP contribution in [0.1, 0.15) is 37.3 Å². The van der Waals surface area contributed by atoms with E-state index in [2.05, 4.69) is 34.1 Å². The van der Waals surface area contributed by atoms with Crippen molar-refractivity contribution in [3.05, 3.63) is 35.9 Å². The number of nitrogens with zero attached hydrogens (tertiary/aromatic N) is 2. The third-order valence-corrected chi connectivity index (χ3v) is 6.31. The van der Waals surface area contributed by atoms with Crippen LogP contribution in [-0.2, 0) is 4.79 Å². The molecule has 0 aromatic heterocycles. The molecule has 2 saturated heterocycles. The van der Waals surface area contributed by atoms with E-state index in [-0.39, 0.29) is 6.04 Å². The van der Waals surface area contributed by atoms with Gasteiger partial charge in [-0.25, -0.2) is 0 Å². The molecule has 2 heterocycles. The minimum atomic E-state index is 0.128. The topological polar surface area (TPSA) is 49.6 Å². The summed E-state index contributed by atoms with van der Waals surface area (Å²) in [5.74, 6) is 2.15. The van der Waals surface area contributed by atoms with Crippen molar-refractivity contribution < 1.29 is 4.79 Å². The molecule has 1 aromatic carbocycles. The van der Waals surface area contributed by atoms with E-state index < -0.39 is 0 Å². The van der Waals surface area contributed by atoms with Crippen molar-refractivity contribution in [2.24, 2.45) is 23.5 Å². The van der Waals surface area contributed by atoms with Crippen LogP contribution in [0, 0.1) is 17.8 Å². The molecule has 2 unspecified atom stereocenters. The monoisotopic (exact) mass is 327 g/mol. The summed E-state index contributed by atoms with van der Waals surface area (Å²) in [5, 5.41) is 0. The fraction of sp³-hybridized carbons (Fsp3) is 0.650. The number of hydrogen-bond donors (Lipinski definition) is 1. The van der Waals surface area contributed by atoms with Gasteiger partial charge in [0.05, 0.1) is 0 Å². The lowest BCUT2D eigenvalue weighted by molar-refractivity contribution is -0.137. The Morgan fingerprint density at radius 3 is 2.33 bits per heavy atom. The molecule has 0 bridgehead atoms. The number of amides is 1. The van der Waals surface area contributed by atoms with E-state index in [0.29, 0.717) is 23.7 Å². The van der Waals surface area contributed by atoms with E-state index in [9.17, 15) is 4.79 Å². The van der Waals surface area contributed by atoms with Crippen LogP contribution in [0.25, 0.3) is 0 Å². The number of carbonyl (C=O) groups excluding carboxylic acids is 1. The first kappa shape index (κ1) is 16.1. The van der Waals surface area contributed by atoms with E-state index in [1.807, 2.05) is 6.07 Å². The minimum absolute atomic E-state index is 0.128. The lowest BCUT2D eigenvalue weighted by atomic mass is 9.84. The number of fused-ring (bicyclic) bond motifs is 1. The second-order valence-electron chi connectivity index (χ2n) is 7.96. The summed E-state index contributed by atoms with van der Waals surface area (Å²) < 4.78 is 0. The largest absolute Gasteiger partial charge is 0.342 e. The summed E-state index contributed by atoms with van der Waals surface area (Å²) in [7, 11) is 0. The number of likely N-dealkylation sites (tertiary alicyclic amines) is 2. The van der Waals surface area contributed by atoms with Crippen molar-refractivity contribution in [1.29, 1.82) is 0 Å². The van der Waals surface area contributed by atoms with E-state index in [1.165, 1.54) is 12.0 Å². The first-order valence-corrected chi connectivity index (χ1v) is 9.52. The highest BCUT2D eigenvalue weighted by Gasteiger charge is 2.43. The summed E-state index contributed by atoms with van der Waals surface area (Å²) >= 11 is 0. The highest BCUT2D eigenvalue weighted by atomic mass is 16.2. The summed E-state index contributed by atoms with van der Waals surface area (Å²) in [5.41, 5.74) is 7.56. The standard InChI is InChI=1S/C20H29N3O/c21-19(15-5-2-1-3-6-15)9-10-22-11-17-13-23(14-18(17)12-22)20(24)16-7-4-8-16/h1-3,5-6,16-19H,4,7-14,21H2/t17?,18?,19-/m0/s1. The Bertz CT molecular complexity index is 558.